The Labute approximate surface area is 89.5 Å². The minimum atomic E-state index is -0.605. The highest BCUT2D eigenvalue weighted by Gasteiger charge is 2.61. The predicted octanol–water partition coefficient (Wildman–Crippen LogP) is 2.49. The smallest absolute Gasteiger partial charge is 0.307 e. The van der Waals surface area contributed by atoms with E-state index in [4.69, 9.17) is 5.11 Å². The van der Waals surface area contributed by atoms with Crippen LogP contribution in [-0.2, 0) is 4.79 Å². The Balaban J connectivity index is 1.73. The Morgan fingerprint density at radius 3 is 2.50 bits per heavy atom. The molecule has 2 rings (SSSR count). The maximum absolute atomic E-state index is 10.9. The summed E-state index contributed by atoms with van der Waals surface area (Å²) < 4.78 is 0. The van der Waals surface area contributed by atoms with Gasteiger partial charge in [-0.3, -0.25) is 4.79 Å². The van der Waals surface area contributed by atoms with E-state index < -0.39 is 5.97 Å². The number of hydrogen-bond acceptors (Lipinski definition) is 2. The molecule has 14 heavy (non-hydrogen) atoms. The van der Waals surface area contributed by atoms with E-state index in [-0.39, 0.29) is 11.3 Å². The van der Waals surface area contributed by atoms with Crippen LogP contribution in [0.3, 0.4) is 0 Å². The number of thioether (sulfide) groups is 1. The third kappa shape index (κ3) is 1.92. The number of hydrogen-bond donors (Lipinski definition) is 1. The van der Waals surface area contributed by atoms with Crippen molar-refractivity contribution in [1.82, 2.24) is 0 Å². The molecule has 0 aliphatic heterocycles. The zero-order chi connectivity index (χ0) is 10.3. The minimum Gasteiger partial charge on any atom is -0.481 e. The van der Waals surface area contributed by atoms with E-state index in [0.29, 0.717) is 5.92 Å². The highest BCUT2D eigenvalue weighted by atomic mass is 32.2. The molecule has 2 aliphatic carbocycles. The first-order valence-corrected chi connectivity index (χ1v) is 6.49. The second-order valence-corrected chi connectivity index (χ2v) is 6.30. The van der Waals surface area contributed by atoms with Crippen LogP contribution in [-0.4, -0.2) is 22.6 Å². The zero-order valence-corrected chi connectivity index (χ0v) is 9.64. The first kappa shape index (κ1) is 10.3. The quantitative estimate of drug-likeness (QED) is 0.764. The van der Waals surface area contributed by atoms with Gasteiger partial charge in [-0.05, 0) is 41.6 Å². The lowest BCUT2D eigenvalue weighted by Crippen LogP contribution is -2.03. The van der Waals surface area contributed by atoms with Crippen molar-refractivity contribution in [1.29, 1.82) is 0 Å². The Morgan fingerprint density at radius 1 is 1.43 bits per heavy atom. The molecule has 0 aromatic rings. The molecule has 0 aromatic carbocycles. The SMILES string of the molecule is CC1(C)C(CSCC2CC2)[C@H]1C(=O)O. The van der Waals surface area contributed by atoms with Crippen molar-refractivity contribution >= 4 is 17.7 Å². The number of carboxylic acid groups (broad SMARTS) is 1. The lowest BCUT2D eigenvalue weighted by molar-refractivity contribution is -0.139. The van der Waals surface area contributed by atoms with Gasteiger partial charge >= 0.3 is 5.97 Å². The molecule has 0 radical (unpaired) electrons. The third-order valence-corrected chi connectivity index (χ3v) is 4.97. The summed E-state index contributed by atoms with van der Waals surface area (Å²) in [5, 5.41) is 8.97. The molecule has 3 heteroatoms. The second-order valence-electron chi connectivity index (χ2n) is 5.22. The molecule has 80 valence electrons. The number of carboxylic acids is 1. The van der Waals surface area contributed by atoms with E-state index in [1.807, 2.05) is 11.8 Å². The molecule has 1 N–H and O–H groups in total. The van der Waals surface area contributed by atoms with Gasteiger partial charge in [0.05, 0.1) is 5.92 Å². The van der Waals surface area contributed by atoms with Crippen molar-refractivity contribution in [3.63, 3.8) is 0 Å². The van der Waals surface area contributed by atoms with E-state index in [9.17, 15) is 4.79 Å². The summed E-state index contributed by atoms with van der Waals surface area (Å²) in [7, 11) is 0. The largest absolute Gasteiger partial charge is 0.481 e. The highest BCUT2D eigenvalue weighted by molar-refractivity contribution is 7.99. The van der Waals surface area contributed by atoms with E-state index >= 15 is 0 Å². The molecule has 0 heterocycles. The van der Waals surface area contributed by atoms with Gasteiger partial charge in [0.15, 0.2) is 0 Å². The Kier molecular flexibility index (Phi) is 2.54. The minimum absolute atomic E-state index is 0.0440. The summed E-state index contributed by atoms with van der Waals surface area (Å²) in [5.74, 6) is 2.95. The molecule has 0 spiro atoms. The lowest BCUT2D eigenvalue weighted by atomic mass is 10.1. The number of carbonyl (C=O) groups is 1. The predicted molar refractivity (Wildman–Crippen MR) is 58.4 cm³/mol. The van der Waals surface area contributed by atoms with Gasteiger partial charge in [-0.1, -0.05) is 13.8 Å². The summed E-state index contributed by atoms with van der Waals surface area (Å²) in [6, 6.07) is 0. The molecule has 2 atom stereocenters. The molecule has 0 aromatic heterocycles. The average Bonchev–Trinajstić information content (AvgIpc) is 2.91. The van der Waals surface area contributed by atoms with Crippen molar-refractivity contribution in [2.24, 2.45) is 23.2 Å². The Morgan fingerprint density at radius 2 is 2.07 bits per heavy atom. The fraction of sp³-hybridized carbons (Fsp3) is 0.909. The number of aliphatic carboxylic acids is 1. The summed E-state index contributed by atoms with van der Waals surface area (Å²) in [4.78, 5) is 10.9. The molecule has 1 unspecified atom stereocenters. The van der Waals surface area contributed by atoms with E-state index in [1.54, 1.807) is 0 Å². The van der Waals surface area contributed by atoms with Crippen molar-refractivity contribution < 1.29 is 9.90 Å². The highest BCUT2D eigenvalue weighted by Crippen LogP contribution is 2.59. The maximum atomic E-state index is 10.9. The lowest BCUT2D eigenvalue weighted by Gasteiger charge is -2.01. The van der Waals surface area contributed by atoms with Gasteiger partial charge in [-0.2, -0.15) is 11.8 Å². The van der Waals surface area contributed by atoms with Crippen molar-refractivity contribution in [2.75, 3.05) is 11.5 Å². The standard InChI is InChI=1S/C11H18O2S/c1-11(2)8(9(11)10(12)13)6-14-5-7-3-4-7/h7-9H,3-6H2,1-2H3,(H,12,13)/t8?,9-/m0/s1. The Bertz CT molecular complexity index is 246. The van der Waals surface area contributed by atoms with Crippen LogP contribution in [0.15, 0.2) is 0 Å². The van der Waals surface area contributed by atoms with Crippen LogP contribution < -0.4 is 0 Å². The van der Waals surface area contributed by atoms with Gasteiger partial charge in [-0.25, -0.2) is 0 Å². The average molecular weight is 214 g/mol. The maximum Gasteiger partial charge on any atom is 0.307 e. The summed E-state index contributed by atoms with van der Waals surface area (Å²) in [5.41, 5.74) is 0.0440. The summed E-state index contributed by atoms with van der Waals surface area (Å²) in [6.45, 7) is 4.16. The molecule has 0 saturated heterocycles. The summed E-state index contributed by atoms with van der Waals surface area (Å²) in [6.07, 6.45) is 2.78. The molecule has 0 amide bonds. The zero-order valence-electron chi connectivity index (χ0n) is 8.82. The van der Waals surface area contributed by atoms with Gasteiger partial charge < -0.3 is 5.11 Å². The fourth-order valence-electron chi connectivity index (χ4n) is 2.19. The molecule has 2 aliphatic rings. The molecular formula is C11H18O2S. The summed E-state index contributed by atoms with van der Waals surface area (Å²) >= 11 is 1.95. The van der Waals surface area contributed by atoms with Crippen LogP contribution in [0.4, 0.5) is 0 Å². The van der Waals surface area contributed by atoms with Gasteiger partial charge in [0.2, 0.25) is 0 Å². The van der Waals surface area contributed by atoms with Crippen molar-refractivity contribution in [3.8, 4) is 0 Å². The van der Waals surface area contributed by atoms with Gasteiger partial charge in [0, 0.05) is 0 Å². The molecule has 2 saturated carbocycles. The van der Waals surface area contributed by atoms with Crippen molar-refractivity contribution in [3.05, 3.63) is 0 Å². The van der Waals surface area contributed by atoms with Crippen LogP contribution in [0, 0.1) is 23.2 Å². The van der Waals surface area contributed by atoms with Crippen LogP contribution >= 0.6 is 11.8 Å². The van der Waals surface area contributed by atoms with Crippen LogP contribution in [0.2, 0.25) is 0 Å². The first-order chi connectivity index (χ1) is 6.53. The molecule has 2 nitrogen and oxygen atoms in total. The fourth-order valence-corrected chi connectivity index (χ4v) is 3.87. The topological polar surface area (TPSA) is 37.3 Å². The van der Waals surface area contributed by atoms with E-state index in [2.05, 4.69) is 13.8 Å². The van der Waals surface area contributed by atoms with Crippen LogP contribution in [0.25, 0.3) is 0 Å². The first-order valence-electron chi connectivity index (χ1n) is 5.34. The van der Waals surface area contributed by atoms with E-state index in [1.165, 1.54) is 18.6 Å². The second kappa shape index (κ2) is 3.44. The molecule has 0 bridgehead atoms. The Hall–Kier alpha value is -0.180. The molecular weight excluding hydrogens is 196 g/mol. The van der Waals surface area contributed by atoms with Gasteiger partial charge in [0.1, 0.15) is 0 Å². The van der Waals surface area contributed by atoms with Crippen LogP contribution in [0.1, 0.15) is 26.7 Å². The van der Waals surface area contributed by atoms with Gasteiger partial charge in [0.25, 0.3) is 0 Å². The van der Waals surface area contributed by atoms with Crippen LogP contribution in [0.5, 0.6) is 0 Å². The van der Waals surface area contributed by atoms with Gasteiger partial charge in [-0.15, -0.1) is 0 Å². The third-order valence-electron chi connectivity index (χ3n) is 3.66. The number of rotatable bonds is 5. The van der Waals surface area contributed by atoms with E-state index in [0.717, 1.165) is 11.7 Å². The van der Waals surface area contributed by atoms with Crippen molar-refractivity contribution in [2.45, 2.75) is 26.7 Å². The molecule has 2 fully saturated rings. The monoisotopic (exact) mass is 214 g/mol. The normalized spacial score (nSPS) is 34.1.